The Morgan fingerprint density at radius 1 is 0.971 bits per heavy atom. The first-order valence-electron chi connectivity index (χ1n) is 11.2. The molecule has 1 saturated heterocycles. The number of aromatic nitrogens is 1. The smallest absolute Gasteiger partial charge is 0.301 e. The standard InChI is InChI=1S/C28H24N2O4/c1-16(2)18-8-11-20(12-9-18)25-24(27(32)28(33)30(25)23-14-17(3)34-29-23)26(31)22-13-10-19-6-4-5-7-21(19)15-22/h4-16,25,31H,1-3H3/b26-24+/t25-/m0/s1. The molecule has 0 aliphatic carbocycles. The third kappa shape index (κ3) is 3.57. The number of hydrogen-bond donors (Lipinski definition) is 1. The van der Waals surface area contributed by atoms with Crippen LogP contribution >= 0.6 is 0 Å². The van der Waals surface area contributed by atoms with E-state index in [4.69, 9.17) is 4.52 Å². The number of ketones is 1. The van der Waals surface area contributed by atoms with Crippen LogP contribution in [0.15, 0.2) is 82.9 Å². The van der Waals surface area contributed by atoms with Crippen molar-refractivity contribution in [2.45, 2.75) is 32.7 Å². The van der Waals surface area contributed by atoms with Crippen molar-refractivity contribution in [3.05, 3.63) is 101 Å². The highest BCUT2D eigenvalue weighted by molar-refractivity contribution is 6.51. The lowest BCUT2D eigenvalue weighted by Crippen LogP contribution is -2.29. The first-order valence-corrected chi connectivity index (χ1v) is 11.2. The number of rotatable bonds is 4. The molecule has 0 saturated carbocycles. The van der Waals surface area contributed by atoms with Gasteiger partial charge in [-0.15, -0.1) is 0 Å². The van der Waals surface area contributed by atoms with Crippen LogP contribution in [-0.4, -0.2) is 22.0 Å². The van der Waals surface area contributed by atoms with Crippen molar-refractivity contribution in [3.8, 4) is 0 Å². The minimum atomic E-state index is -0.836. The van der Waals surface area contributed by atoms with E-state index in [-0.39, 0.29) is 17.2 Å². The number of nitrogens with zero attached hydrogens (tertiary/aromatic N) is 2. The maximum Gasteiger partial charge on any atom is 0.301 e. The van der Waals surface area contributed by atoms with Gasteiger partial charge >= 0.3 is 5.91 Å². The van der Waals surface area contributed by atoms with E-state index >= 15 is 0 Å². The highest BCUT2D eigenvalue weighted by Crippen LogP contribution is 2.42. The Morgan fingerprint density at radius 2 is 1.68 bits per heavy atom. The Bertz CT molecular complexity index is 1450. The fourth-order valence-electron chi connectivity index (χ4n) is 4.41. The van der Waals surface area contributed by atoms with E-state index in [9.17, 15) is 14.7 Å². The number of fused-ring (bicyclic) bond motifs is 1. The van der Waals surface area contributed by atoms with Gasteiger partial charge < -0.3 is 9.63 Å². The Labute approximate surface area is 197 Å². The number of aryl methyl sites for hydroxylation is 1. The van der Waals surface area contributed by atoms with Crippen LogP contribution < -0.4 is 4.90 Å². The predicted octanol–water partition coefficient (Wildman–Crippen LogP) is 5.89. The van der Waals surface area contributed by atoms with Crippen molar-refractivity contribution in [2.24, 2.45) is 0 Å². The lowest BCUT2D eigenvalue weighted by molar-refractivity contribution is -0.132. The Kier molecular flexibility index (Phi) is 5.28. The number of anilines is 1. The monoisotopic (exact) mass is 452 g/mol. The van der Waals surface area contributed by atoms with Crippen LogP contribution in [0.3, 0.4) is 0 Å². The van der Waals surface area contributed by atoms with Crippen LogP contribution in [0.4, 0.5) is 5.82 Å². The molecule has 0 spiro atoms. The zero-order chi connectivity index (χ0) is 24.0. The number of amides is 1. The molecule has 1 aliphatic rings. The van der Waals surface area contributed by atoms with Crippen LogP contribution in [0.1, 0.15) is 48.3 Å². The van der Waals surface area contributed by atoms with Gasteiger partial charge in [0.1, 0.15) is 11.5 Å². The molecule has 5 rings (SSSR count). The molecule has 1 amide bonds. The second kappa shape index (κ2) is 8.30. The summed E-state index contributed by atoms with van der Waals surface area (Å²) in [6.07, 6.45) is 0. The van der Waals surface area contributed by atoms with E-state index in [1.807, 2.05) is 60.7 Å². The van der Waals surface area contributed by atoms with Gasteiger partial charge in [0.25, 0.3) is 5.78 Å². The first-order chi connectivity index (χ1) is 16.3. The molecule has 0 radical (unpaired) electrons. The number of aliphatic hydroxyl groups is 1. The number of hydrogen-bond acceptors (Lipinski definition) is 5. The van der Waals surface area contributed by atoms with E-state index in [0.29, 0.717) is 22.8 Å². The molecule has 6 nitrogen and oxygen atoms in total. The summed E-state index contributed by atoms with van der Waals surface area (Å²) in [5.74, 6) is -0.658. The summed E-state index contributed by atoms with van der Waals surface area (Å²) in [6.45, 7) is 5.91. The minimum absolute atomic E-state index is 0.0261. The molecule has 2 heterocycles. The topological polar surface area (TPSA) is 83.6 Å². The second-order valence-electron chi connectivity index (χ2n) is 8.85. The van der Waals surface area contributed by atoms with Crippen LogP contribution in [0.2, 0.25) is 0 Å². The van der Waals surface area contributed by atoms with Crippen molar-refractivity contribution >= 4 is 34.0 Å². The molecule has 1 aliphatic heterocycles. The molecule has 34 heavy (non-hydrogen) atoms. The highest BCUT2D eigenvalue weighted by Gasteiger charge is 2.48. The summed E-state index contributed by atoms with van der Waals surface area (Å²) in [6, 6.07) is 21.7. The van der Waals surface area contributed by atoms with E-state index in [2.05, 4.69) is 19.0 Å². The Hall–Kier alpha value is -4.19. The van der Waals surface area contributed by atoms with E-state index in [1.165, 1.54) is 4.90 Å². The number of carbonyl (C=O) groups is 2. The second-order valence-corrected chi connectivity index (χ2v) is 8.85. The molecule has 1 aromatic heterocycles. The van der Waals surface area contributed by atoms with Crippen LogP contribution in [0, 0.1) is 6.92 Å². The van der Waals surface area contributed by atoms with Gasteiger partial charge in [0.05, 0.1) is 11.6 Å². The van der Waals surface area contributed by atoms with Crippen LogP contribution in [-0.2, 0) is 9.59 Å². The molecule has 4 aromatic rings. The molecule has 0 unspecified atom stereocenters. The van der Waals surface area contributed by atoms with Crippen molar-refractivity contribution in [1.82, 2.24) is 5.16 Å². The van der Waals surface area contributed by atoms with Gasteiger partial charge in [-0.3, -0.25) is 14.5 Å². The first kappa shape index (κ1) is 21.6. The summed E-state index contributed by atoms with van der Waals surface area (Å²) in [5.41, 5.74) is 2.33. The maximum atomic E-state index is 13.3. The molecule has 3 aromatic carbocycles. The Balaban J connectivity index is 1.70. The fraction of sp³-hybridized carbons (Fsp3) is 0.179. The summed E-state index contributed by atoms with van der Waals surface area (Å²) in [7, 11) is 0. The fourth-order valence-corrected chi connectivity index (χ4v) is 4.41. The van der Waals surface area contributed by atoms with E-state index in [1.54, 1.807) is 19.1 Å². The summed E-state index contributed by atoms with van der Waals surface area (Å²) >= 11 is 0. The number of Topliss-reactive ketones (excluding diaryl/α,β-unsaturated/α-hetero) is 1. The van der Waals surface area contributed by atoms with Gasteiger partial charge in [-0.2, -0.15) is 0 Å². The summed E-state index contributed by atoms with van der Waals surface area (Å²) in [4.78, 5) is 27.7. The van der Waals surface area contributed by atoms with Gasteiger partial charge in [-0.1, -0.05) is 79.7 Å². The molecule has 1 N–H and O–H groups in total. The lowest BCUT2D eigenvalue weighted by atomic mass is 9.93. The van der Waals surface area contributed by atoms with Crippen molar-refractivity contribution in [1.29, 1.82) is 0 Å². The highest BCUT2D eigenvalue weighted by atomic mass is 16.5. The van der Waals surface area contributed by atoms with Gasteiger partial charge in [-0.25, -0.2) is 0 Å². The maximum absolute atomic E-state index is 13.3. The predicted molar refractivity (Wildman–Crippen MR) is 131 cm³/mol. The molecule has 0 bridgehead atoms. The van der Waals surface area contributed by atoms with Crippen molar-refractivity contribution in [3.63, 3.8) is 0 Å². The average molecular weight is 453 g/mol. The van der Waals surface area contributed by atoms with Gasteiger partial charge in [0, 0.05) is 11.6 Å². The molecule has 1 atom stereocenters. The van der Waals surface area contributed by atoms with Gasteiger partial charge in [-0.05, 0) is 40.8 Å². The number of carbonyl (C=O) groups excluding carboxylic acids is 2. The quantitative estimate of drug-likeness (QED) is 0.237. The summed E-state index contributed by atoms with van der Waals surface area (Å²) in [5, 5.41) is 17.3. The van der Waals surface area contributed by atoms with Crippen LogP contribution in [0.25, 0.3) is 16.5 Å². The third-order valence-corrected chi connectivity index (χ3v) is 6.25. The number of aliphatic hydroxyl groups excluding tert-OH is 1. The normalized spacial score (nSPS) is 17.8. The molecular formula is C28H24N2O4. The lowest BCUT2D eigenvalue weighted by Gasteiger charge is -2.23. The molecule has 6 heteroatoms. The minimum Gasteiger partial charge on any atom is -0.507 e. The van der Waals surface area contributed by atoms with E-state index in [0.717, 1.165) is 16.3 Å². The van der Waals surface area contributed by atoms with Crippen molar-refractivity contribution in [2.75, 3.05) is 4.90 Å². The zero-order valence-corrected chi connectivity index (χ0v) is 19.1. The zero-order valence-electron chi connectivity index (χ0n) is 19.1. The van der Waals surface area contributed by atoms with E-state index < -0.39 is 17.7 Å². The molecule has 1 fully saturated rings. The largest absolute Gasteiger partial charge is 0.507 e. The van der Waals surface area contributed by atoms with Gasteiger partial charge in [0.2, 0.25) is 0 Å². The van der Waals surface area contributed by atoms with Crippen molar-refractivity contribution < 1.29 is 19.2 Å². The summed E-state index contributed by atoms with van der Waals surface area (Å²) < 4.78 is 5.19. The van der Waals surface area contributed by atoms with Crippen LogP contribution in [0.5, 0.6) is 0 Å². The molecular weight excluding hydrogens is 428 g/mol. The Morgan fingerprint density at radius 3 is 2.32 bits per heavy atom. The SMILES string of the molecule is Cc1cc(N2C(=O)C(=O)/C(=C(/O)c3ccc4ccccc4c3)[C@@H]2c2ccc(C(C)C)cc2)no1. The average Bonchev–Trinajstić information content (AvgIpc) is 3.38. The third-order valence-electron chi connectivity index (χ3n) is 6.25. The van der Waals surface area contributed by atoms with Gasteiger partial charge in [0.15, 0.2) is 5.82 Å². The molecule has 170 valence electrons. The number of benzene rings is 3.